The number of hydrogen-bond donors (Lipinski definition) is 3. The molecule has 0 spiro atoms. The zero-order chi connectivity index (χ0) is 25.9. The van der Waals surface area contributed by atoms with Gasteiger partial charge in [0.05, 0.1) is 34.2 Å². The summed E-state index contributed by atoms with van der Waals surface area (Å²) in [6, 6.07) is 10.1. The van der Waals surface area contributed by atoms with Crippen LogP contribution < -0.4 is 14.8 Å². The van der Waals surface area contributed by atoms with Gasteiger partial charge in [0, 0.05) is 5.69 Å². The van der Waals surface area contributed by atoms with Crippen molar-refractivity contribution in [3.05, 3.63) is 78.3 Å². The van der Waals surface area contributed by atoms with Gasteiger partial charge in [0.1, 0.15) is 5.76 Å². The molecule has 2 aromatic carbocycles. The number of furan rings is 1. The Morgan fingerprint density at radius 1 is 0.943 bits per heavy atom. The second-order valence-corrected chi connectivity index (χ2v) is 10.8. The Morgan fingerprint density at radius 3 is 2.23 bits per heavy atom. The fourth-order valence-corrected chi connectivity index (χ4v) is 5.14. The van der Waals surface area contributed by atoms with Crippen LogP contribution in [0.3, 0.4) is 0 Å². The number of benzene rings is 2. The Morgan fingerprint density at radius 2 is 1.60 bits per heavy atom. The van der Waals surface area contributed by atoms with E-state index >= 15 is 0 Å². The maximum absolute atomic E-state index is 12.9. The van der Waals surface area contributed by atoms with E-state index in [0.29, 0.717) is 11.8 Å². The van der Waals surface area contributed by atoms with Gasteiger partial charge < -0.3 is 9.73 Å². The SMILES string of the molecule is C[C@H](NS(=O)(=O)c1cccc(C(F)(F)F)c1)C(=O)Nc1cccc(S(=O)(=O)NCc2ccco2)c1. The van der Waals surface area contributed by atoms with Crippen LogP contribution in [0.2, 0.25) is 0 Å². The minimum atomic E-state index is -4.74. The number of carbonyl (C=O) groups excluding carboxylic acids is 1. The summed E-state index contributed by atoms with van der Waals surface area (Å²) in [7, 11) is -8.43. The third-order valence-electron chi connectivity index (χ3n) is 4.63. The van der Waals surface area contributed by atoms with E-state index in [0.717, 1.165) is 24.3 Å². The van der Waals surface area contributed by atoms with E-state index in [4.69, 9.17) is 4.42 Å². The van der Waals surface area contributed by atoms with Crippen LogP contribution >= 0.6 is 0 Å². The van der Waals surface area contributed by atoms with Crippen LogP contribution in [0.25, 0.3) is 0 Å². The predicted molar refractivity (Wildman–Crippen MR) is 119 cm³/mol. The molecule has 14 heteroatoms. The minimum Gasteiger partial charge on any atom is -0.468 e. The van der Waals surface area contributed by atoms with E-state index in [2.05, 4.69) is 10.0 Å². The van der Waals surface area contributed by atoms with Crippen LogP contribution in [-0.2, 0) is 37.6 Å². The molecule has 188 valence electrons. The van der Waals surface area contributed by atoms with E-state index in [1.807, 2.05) is 4.72 Å². The van der Waals surface area contributed by atoms with E-state index in [1.165, 1.54) is 31.4 Å². The van der Waals surface area contributed by atoms with Crippen molar-refractivity contribution in [2.45, 2.75) is 35.5 Å². The smallest absolute Gasteiger partial charge is 0.416 e. The van der Waals surface area contributed by atoms with Crippen LogP contribution in [0, 0.1) is 0 Å². The molecule has 1 atom stereocenters. The summed E-state index contributed by atoms with van der Waals surface area (Å²) in [5, 5.41) is 2.38. The van der Waals surface area contributed by atoms with Gasteiger partial charge in [0.2, 0.25) is 26.0 Å². The maximum atomic E-state index is 12.9. The van der Waals surface area contributed by atoms with Crippen LogP contribution in [0.5, 0.6) is 0 Å². The standard InChI is InChI=1S/C21H20F3N3O6S2/c1-14(27-35(31,32)18-8-2-5-15(11-18)21(22,23)24)20(28)26-16-6-3-9-19(12-16)34(29,30)25-13-17-7-4-10-33-17/h2-12,14,25,27H,13H2,1H3,(H,26,28)/t14-/m0/s1. The van der Waals surface area contributed by atoms with Gasteiger partial charge in [-0.1, -0.05) is 12.1 Å². The van der Waals surface area contributed by atoms with Crippen molar-refractivity contribution in [3.8, 4) is 0 Å². The number of hydrogen-bond acceptors (Lipinski definition) is 6. The Hall–Kier alpha value is -3.20. The average molecular weight is 532 g/mol. The lowest BCUT2D eigenvalue weighted by molar-refractivity contribution is -0.137. The summed E-state index contributed by atoms with van der Waals surface area (Å²) < 4.78 is 98.1. The molecule has 3 N–H and O–H groups in total. The molecule has 0 fully saturated rings. The van der Waals surface area contributed by atoms with Crippen LogP contribution in [0.15, 0.2) is 81.1 Å². The van der Waals surface area contributed by atoms with Crippen LogP contribution in [0.1, 0.15) is 18.2 Å². The first-order valence-corrected chi connectivity index (χ1v) is 12.9. The number of carbonyl (C=O) groups is 1. The molecule has 0 saturated carbocycles. The number of alkyl halides is 3. The third kappa shape index (κ3) is 6.91. The van der Waals surface area contributed by atoms with E-state index in [1.54, 1.807) is 12.1 Å². The second-order valence-electron chi connectivity index (χ2n) is 7.29. The van der Waals surface area contributed by atoms with Crippen molar-refractivity contribution in [2.75, 3.05) is 5.32 Å². The van der Waals surface area contributed by atoms with Gasteiger partial charge in [-0.3, -0.25) is 4.79 Å². The quantitative estimate of drug-likeness (QED) is 0.389. The van der Waals surface area contributed by atoms with Crippen molar-refractivity contribution < 1.29 is 39.2 Å². The zero-order valence-electron chi connectivity index (χ0n) is 18.0. The van der Waals surface area contributed by atoms with Gasteiger partial charge in [0.15, 0.2) is 0 Å². The van der Waals surface area contributed by atoms with Crippen molar-refractivity contribution in [2.24, 2.45) is 0 Å². The molecule has 0 unspecified atom stereocenters. The molecule has 35 heavy (non-hydrogen) atoms. The van der Waals surface area contributed by atoms with E-state index < -0.39 is 48.6 Å². The molecular weight excluding hydrogens is 511 g/mol. The van der Waals surface area contributed by atoms with Gasteiger partial charge in [-0.15, -0.1) is 0 Å². The predicted octanol–water partition coefficient (Wildman–Crippen LogP) is 3.08. The molecule has 0 radical (unpaired) electrons. The first-order chi connectivity index (χ1) is 16.3. The Bertz CT molecular complexity index is 1410. The molecule has 3 rings (SSSR count). The number of amides is 1. The van der Waals surface area contributed by atoms with E-state index in [-0.39, 0.29) is 17.1 Å². The Kier molecular flexibility index (Phi) is 7.69. The van der Waals surface area contributed by atoms with Gasteiger partial charge in [0.25, 0.3) is 0 Å². The number of halogens is 3. The van der Waals surface area contributed by atoms with Gasteiger partial charge in [-0.25, -0.2) is 21.6 Å². The lowest BCUT2D eigenvalue weighted by Gasteiger charge is -2.16. The van der Waals surface area contributed by atoms with Crippen LogP contribution in [-0.4, -0.2) is 28.8 Å². The van der Waals surface area contributed by atoms with Crippen molar-refractivity contribution >= 4 is 31.6 Å². The molecule has 0 aliphatic rings. The molecule has 0 aliphatic carbocycles. The summed E-state index contributed by atoms with van der Waals surface area (Å²) in [5.74, 6) is -0.474. The highest BCUT2D eigenvalue weighted by Gasteiger charge is 2.32. The van der Waals surface area contributed by atoms with Crippen molar-refractivity contribution in [1.82, 2.24) is 9.44 Å². The number of nitrogens with one attached hydrogen (secondary N) is 3. The minimum absolute atomic E-state index is 0.0565. The van der Waals surface area contributed by atoms with E-state index in [9.17, 15) is 34.8 Å². The molecule has 3 aromatic rings. The molecule has 9 nitrogen and oxygen atoms in total. The monoisotopic (exact) mass is 531 g/mol. The van der Waals surface area contributed by atoms with Crippen molar-refractivity contribution in [3.63, 3.8) is 0 Å². The zero-order valence-corrected chi connectivity index (χ0v) is 19.7. The molecule has 0 bridgehead atoms. The summed E-state index contributed by atoms with van der Waals surface area (Å²) >= 11 is 0. The highest BCUT2D eigenvalue weighted by atomic mass is 32.2. The second kappa shape index (κ2) is 10.2. The Labute approximate surface area is 199 Å². The highest BCUT2D eigenvalue weighted by molar-refractivity contribution is 7.89. The lowest BCUT2D eigenvalue weighted by atomic mass is 10.2. The number of sulfonamides is 2. The first-order valence-electron chi connectivity index (χ1n) is 9.90. The molecule has 1 aromatic heterocycles. The summed E-state index contributed by atoms with van der Waals surface area (Å²) in [6.07, 6.45) is -3.35. The van der Waals surface area contributed by atoms with Gasteiger partial charge >= 0.3 is 6.18 Å². The fourth-order valence-electron chi connectivity index (χ4n) is 2.85. The summed E-state index contributed by atoms with van der Waals surface area (Å²) in [5.41, 5.74) is -1.10. The first kappa shape index (κ1) is 26.4. The van der Waals surface area contributed by atoms with Gasteiger partial charge in [-0.05, 0) is 55.5 Å². The molecule has 0 saturated heterocycles. The lowest BCUT2D eigenvalue weighted by Crippen LogP contribution is -2.41. The highest BCUT2D eigenvalue weighted by Crippen LogP contribution is 2.30. The number of rotatable bonds is 9. The number of anilines is 1. The largest absolute Gasteiger partial charge is 0.468 e. The summed E-state index contributed by atoms with van der Waals surface area (Å²) in [6.45, 7) is 1.09. The van der Waals surface area contributed by atoms with Crippen LogP contribution in [0.4, 0.5) is 18.9 Å². The maximum Gasteiger partial charge on any atom is 0.416 e. The average Bonchev–Trinajstić information content (AvgIpc) is 3.31. The summed E-state index contributed by atoms with van der Waals surface area (Å²) in [4.78, 5) is 11.7. The van der Waals surface area contributed by atoms with Crippen molar-refractivity contribution in [1.29, 1.82) is 0 Å². The molecule has 1 amide bonds. The molecular formula is C21H20F3N3O6S2. The molecule has 0 aliphatic heterocycles. The topological polar surface area (TPSA) is 135 Å². The normalized spacial score (nSPS) is 13.4. The third-order valence-corrected chi connectivity index (χ3v) is 7.56. The van der Waals surface area contributed by atoms with Gasteiger partial charge in [-0.2, -0.15) is 17.9 Å². The molecule has 1 heterocycles. The Balaban J connectivity index is 1.68. The fraction of sp³-hybridized carbons (Fsp3) is 0.190.